The van der Waals surface area contributed by atoms with Crippen molar-refractivity contribution in [3.8, 4) is 0 Å². The Balaban J connectivity index is 2.03. The number of rotatable bonds is 6. The minimum atomic E-state index is -3.41. The minimum Gasteiger partial charge on any atom is -0.454 e. The molecule has 0 amide bonds. The fraction of sp³-hybridized carbons (Fsp3) is 0.176. The number of carbonyl (C=O) groups is 2. The Hall–Kier alpha value is -2.45. The van der Waals surface area contributed by atoms with Gasteiger partial charge in [-0.1, -0.05) is 11.6 Å². The molecule has 0 heterocycles. The van der Waals surface area contributed by atoms with Crippen LogP contribution in [0.2, 0.25) is 5.02 Å². The van der Waals surface area contributed by atoms with Gasteiger partial charge in [0.15, 0.2) is 12.4 Å². The lowest BCUT2D eigenvalue weighted by Crippen LogP contribution is -2.24. The van der Waals surface area contributed by atoms with Crippen LogP contribution in [0, 0.1) is 5.82 Å². The molecule has 0 radical (unpaired) electrons. The third-order valence-electron chi connectivity index (χ3n) is 3.54. The zero-order valence-corrected chi connectivity index (χ0v) is 15.5. The van der Waals surface area contributed by atoms with E-state index in [1.807, 2.05) is 0 Å². The molecule has 9 heteroatoms. The average molecular weight is 400 g/mol. The topological polar surface area (TPSA) is 80.8 Å². The number of ether oxygens (including phenoxy) is 1. The normalized spacial score (nSPS) is 11.1. The molecule has 0 aliphatic carbocycles. The second-order valence-electron chi connectivity index (χ2n) is 5.40. The molecule has 2 aromatic carbocycles. The van der Waals surface area contributed by atoms with Crippen molar-refractivity contribution in [2.45, 2.75) is 0 Å². The highest BCUT2D eigenvalue weighted by Crippen LogP contribution is 2.19. The number of carbonyl (C=O) groups excluding carboxylic acids is 2. The molecule has 2 aromatic rings. The number of anilines is 1. The fourth-order valence-electron chi connectivity index (χ4n) is 2.00. The lowest BCUT2D eigenvalue weighted by Gasteiger charge is -2.16. The Morgan fingerprint density at radius 3 is 2.31 bits per heavy atom. The highest BCUT2D eigenvalue weighted by atomic mass is 35.5. The summed E-state index contributed by atoms with van der Waals surface area (Å²) in [5.74, 6) is -1.93. The molecule has 0 atom stereocenters. The molecule has 0 unspecified atom stereocenters. The summed E-state index contributed by atoms with van der Waals surface area (Å²) < 4.78 is 41.9. The number of hydrogen-bond donors (Lipinski definition) is 0. The molecule has 0 aromatic heterocycles. The van der Waals surface area contributed by atoms with Gasteiger partial charge in [-0.3, -0.25) is 9.10 Å². The maximum absolute atomic E-state index is 13.0. The van der Waals surface area contributed by atoms with Crippen molar-refractivity contribution in [1.82, 2.24) is 0 Å². The predicted octanol–water partition coefficient (Wildman–Crippen LogP) is 2.91. The number of sulfonamides is 1. The summed E-state index contributed by atoms with van der Waals surface area (Å²) in [6.07, 6.45) is 1.06. The Kier molecular flexibility index (Phi) is 5.99. The maximum atomic E-state index is 13.0. The molecule has 0 spiro atoms. The van der Waals surface area contributed by atoms with Crippen LogP contribution >= 0.6 is 11.6 Å². The predicted molar refractivity (Wildman–Crippen MR) is 95.7 cm³/mol. The zero-order valence-electron chi connectivity index (χ0n) is 13.9. The van der Waals surface area contributed by atoms with Crippen molar-refractivity contribution in [2.75, 3.05) is 24.2 Å². The molecule has 6 nitrogen and oxygen atoms in total. The second kappa shape index (κ2) is 7.84. The smallest absolute Gasteiger partial charge is 0.340 e. The van der Waals surface area contributed by atoms with Crippen molar-refractivity contribution < 1.29 is 27.1 Å². The van der Waals surface area contributed by atoms with Crippen LogP contribution in [0.1, 0.15) is 20.7 Å². The van der Waals surface area contributed by atoms with E-state index in [0.717, 1.165) is 22.7 Å². The van der Waals surface area contributed by atoms with Gasteiger partial charge in [-0.25, -0.2) is 17.6 Å². The molecule has 0 aliphatic heterocycles. The summed E-state index contributed by atoms with van der Waals surface area (Å²) >= 11 is 5.76. The quantitative estimate of drug-likeness (QED) is 0.551. The van der Waals surface area contributed by atoms with Crippen LogP contribution in [0.3, 0.4) is 0 Å². The van der Waals surface area contributed by atoms with Gasteiger partial charge in [0.2, 0.25) is 10.0 Å². The van der Waals surface area contributed by atoms with Gasteiger partial charge in [-0.2, -0.15) is 0 Å². The molecule has 0 N–H and O–H groups in total. The lowest BCUT2D eigenvalue weighted by molar-refractivity contribution is 0.0475. The summed E-state index contributed by atoms with van der Waals surface area (Å²) in [5, 5.41) is -0.115. The first-order valence-electron chi connectivity index (χ1n) is 7.29. The lowest BCUT2D eigenvalue weighted by atomic mass is 10.1. The van der Waals surface area contributed by atoms with Gasteiger partial charge >= 0.3 is 5.97 Å². The highest BCUT2D eigenvalue weighted by Gasteiger charge is 2.16. The van der Waals surface area contributed by atoms with Crippen molar-refractivity contribution in [3.05, 3.63) is 64.4 Å². The van der Waals surface area contributed by atoms with E-state index in [0.29, 0.717) is 5.69 Å². The third kappa shape index (κ3) is 4.80. The number of nitrogens with zero attached hydrogens (tertiary/aromatic N) is 1. The number of hydrogen-bond acceptors (Lipinski definition) is 5. The van der Waals surface area contributed by atoms with Crippen LogP contribution in [-0.2, 0) is 14.8 Å². The standard InChI is InChI=1S/C17H15ClFNO5S/c1-20(26(2,23)24)13-6-3-11(4-7-13)16(21)10-25-17(22)14-8-5-12(19)9-15(14)18/h3-9H,10H2,1-2H3. The van der Waals surface area contributed by atoms with Gasteiger partial charge in [0, 0.05) is 12.6 Å². The molecule has 0 fully saturated rings. The van der Waals surface area contributed by atoms with Gasteiger partial charge in [0.05, 0.1) is 22.5 Å². The van der Waals surface area contributed by atoms with Gasteiger partial charge in [-0.15, -0.1) is 0 Å². The molecule has 26 heavy (non-hydrogen) atoms. The van der Waals surface area contributed by atoms with Crippen LogP contribution in [-0.4, -0.2) is 40.1 Å². The summed E-state index contributed by atoms with van der Waals surface area (Å²) in [7, 11) is -2.02. The summed E-state index contributed by atoms with van der Waals surface area (Å²) in [5.41, 5.74) is 0.582. The van der Waals surface area contributed by atoms with Gasteiger partial charge in [0.25, 0.3) is 0 Å². The maximum Gasteiger partial charge on any atom is 0.340 e. The number of esters is 1. The Labute approximate surface area is 155 Å². The monoisotopic (exact) mass is 399 g/mol. The minimum absolute atomic E-state index is 0.0500. The third-order valence-corrected chi connectivity index (χ3v) is 5.05. The van der Waals surface area contributed by atoms with Gasteiger partial charge in [-0.05, 0) is 42.5 Å². The summed E-state index contributed by atoms with van der Waals surface area (Å²) in [6, 6.07) is 8.98. The van der Waals surface area contributed by atoms with E-state index in [2.05, 4.69) is 0 Å². The van der Waals surface area contributed by atoms with Gasteiger partial charge < -0.3 is 4.74 Å². The number of halogens is 2. The van der Waals surface area contributed by atoms with E-state index in [9.17, 15) is 22.4 Å². The second-order valence-corrected chi connectivity index (χ2v) is 7.82. The van der Waals surface area contributed by atoms with Crippen molar-refractivity contribution in [3.63, 3.8) is 0 Å². The van der Waals surface area contributed by atoms with Crippen LogP contribution in [0.15, 0.2) is 42.5 Å². The summed E-state index contributed by atoms with van der Waals surface area (Å²) in [4.78, 5) is 24.0. The number of benzene rings is 2. The molecule has 0 bridgehead atoms. The first kappa shape index (κ1) is 19.9. The Morgan fingerprint density at radius 2 is 1.77 bits per heavy atom. The van der Waals surface area contributed by atoms with E-state index >= 15 is 0 Å². The highest BCUT2D eigenvalue weighted by molar-refractivity contribution is 7.92. The number of ketones is 1. The van der Waals surface area contributed by atoms with Crippen LogP contribution < -0.4 is 4.31 Å². The van der Waals surface area contributed by atoms with Crippen LogP contribution in [0.5, 0.6) is 0 Å². The van der Waals surface area contributed by atoms with Crippen molar-refractivity contribution in [2.24, 2.45) is 0 Å². The van der Waals surface area contributed by atoms with E-state index < -0.39 is 34.2 Å². The molecule has 0 aliphatic rings. The van der Waals surface area contributed by atoms with E-state index in [4.69, 9.17) is 16.3 Å². The Morgan fingerprint density at radius 1 is 1.15 bits per heavy atom. The average Bonchev–Trinajstić information content (AvgIpc) is 2.58. The molecule has 0 saturated carbocycles. The van der Waals surface area contributed by atoms with Crippen molar-refractivity contribution in [1.29, 1.82) is 0 Å². The molecule has 138 valence electrons. The van der Waals surface area contributed by atoms with E-state index in [1.165, 1.54) is 37.4 Å². The number of Topliss-reactive ketones (excluding diaryl/α,β-unsaturated/α-hetero) is 1. The van der Waals surface area contributed by atoms with E-state index in [-0.39, 0.29) is 16.1 Å². The van der Waals surface area contributed by atoms with Gasteiger partial charge in [0.1, 0.15) is 5.82 Å². The van der Waals surface area contributed by atoms with Crippen LogP contribution in [0.25, 0.3) is 0 Å². The molecule has 0 saturated heterocycles. The van der Waals surface area contributed by atoms with E-state index in [1.54, 1.807) is 0 Å². The summed E-state index contributed by atoms with van der Waals surface area (Å²) in [6.45, 7) is -0.534. The Bertz CT molecular complexity index is 944. The SMILES string of the molecule is CN(c1ccc(C(=O)COC(=O)c2ccc(F)cc2Cl)cc1)S(C)(=O)=O. The first-order valence-corrected chi connectivity index (χ1v) is 9.51. The molecular formula is C17H15ClFNO5S. The van der Waals surface area contributed by atoms with Crippen molar-refractivity contribution >= 4 is 39.1 Å². The van der Waals surface area contributed by atoms with Crippen LogP contribution in [0.4, 0.5) is 10.1 Å². The first-order chi connectivity index (χ1) is 12.1. The largest absolute Gasteiger partial charge is 0.454 e. The zero-order chi connectivity index (χ0) is 19.5. The molecule has 2 rings (SSSR count). The fourth-order valence-corrected chi connectivity index (χ4v) is 2.74. The molecular weight excluding hydrogens is 385 g/mol.